The maximum atomic E-state index is 12.0. The number of thioether (sulfide) groups is 2. The number of carboxylic acid groups (broad SMARTS) is 1. The van der Waals surface area contributed by atoms with E-state index < -0.39 is 5.97 Å². The quantitative estimate of drug-likeness (QED) is 0.658. The molecule has 100 valence electrons. The average Bonchev–Trinajstić information content (AvgIpc) is 2.90. The lowest BCUT2D eigenvalue weighted by molar-refractivity contribution is -0.151. The molecule has 9 heteroatoms. The van der Waals surface area contributed by atoms with Gasteiger partial charge in [0.15, 0.2) is 4.34 Å². The van der Waals surface area contributed by atoms with Crippen molar-refractivity contribution in [3.63, 3.8) is 0 Å². The van der Waals surface area contributed by atoms with E-state index in [2.05, 4.69) is 9.36 Å². The Morgan fingerprint density at radius 2 is 2.47 bits per heavy atom. The number of aliphatic carboxylic acids is 1. The molecular weight excluding hydrogens is 306 g/mol. The number of β-lactam (4-membered cyclic amide) rings is 1. The van der Waals surface area contributed by atoms with Gasteiger partial charge in [-0.1, -0.05) is 11.8 Å². The normalized spacial score (nSPS) is 25.6. The van der Waals surface area contributed by atoms with Gasteiger partial charge in [0.05, 0.1) is 11.3 Å². The van der Waals surface area contributed by atoms with Crippen LogP contribution in [-0.2, 0) is 9.59 Å². The van der Waals surface area contributed by atoms with Crippen LogP contribution in [0.5, 0.6) is 0 Å². The van der Waals surface area contributed by atoms with Crippen molar-refractivity contribution in [2.24, 2.45) is 5.92 Å². The molecule has 0 aliphatic carbocycles. The highest BCUT2D eigenvalue weighted by atomic mass is 32.2. The van der Waals surface area contributed by atoms with E-state index in [-0.39, 0.29) is 22.9 Å². The van der Waals surface area contributed by atoms with Crippen molar-refractivity contribution in [2.45, 2.75) is 9.71 Å². The highest BCUT2D eigenvalue weighted by molar-refractivity contribution is 8.01. The monoisotopic (exact) mass is 315 g/mol. The molecule has 1 aromatic rings. The van der Waals surface area contributed by atoms with Gasteiger partial charge in [0.2, 0.25) is 5.91 Å². The fraction of sp³-hybridized carbons (Fsp3) is 0.400. The van der Waals surface area contributed by atoms with Gasteiger partial charge in [-0.3, -0.25) is 9.69 Å². The summed E-state index contributed by atoms with van der Waals surface area (Å²) in [4.78, 5) is 28.5. The first-order chi connectivity index (χ1) is 9.18. The minimum absolute atomic E-state index is 0.0518. The van der Waals surface area contributed by atoms with Crippen LogP contribution in [0.25, 0.3) is 0 Å². The summed E-state index contributed by atoms with van der Waals surface area (Å²) in [6.45, 7) is 0. The molecule has 19 heavy (non-hydrogen) atoms. The number of aromatic nitrogens is 2. The first kappa shape index (κ1) is 12.9. The van der Waals surface area contributed by atoms with E-state index in [1.165, 1.54) is 34.5 Å². The molecule has 1 saturated heterocycles. The molecule has 1 amide bonds. The van der Waals surface area contributed by atoms with Crippen molar-refractivity contribution in [3.05, 3.63) is 18.1 Å². The number of carbonyl (C=O) groups is 2. The number of amides is 1. The Hall–Kier alpha value is -1.06. The largest absolute Gasteiger partial charge is 0.477 e. The Morgan fingerprint density at radius 1 is 1.63 bits per heavy atom. The van der Waals surface area contributed by atoms with Crippen LogP contribution in [0.3, 0.4) is 0 Å². The van der Waals surface area contributed by atoms with Gasteiger partial charge in [-0.2, -0.15) is 4.37 Å². The van der Waals surface area contributed by atoms with Gasteiger partial charge in [0.1, 0.15) is 12.0 Å². The summed E-state index contributed by atoms with van der Waals surface area (Å²) < 4.78 is 4.74. The lowest BCUT2D eigenvalue weighted by Crippen LogP contribution is -2.61. The third-order valence-corrected chi connectivity index (χ3v) is 6.06. The summed E-state index contributed by atoms with van der Waals surface area (Å²) in [5, 5.41) is 9.00. The lowest BCUT2D eigenvalue weighted by atomic mass is 9.99. The third kappa shape index (κ3) is 2.26. The molecule has 1 fully saturated rings. The SMILES string of the molecule is O=C(O)C1=CCS[C@H]2C(CSc3ncns3)C(=O)N12. The molecule has 1 N–H and O–H groups in total. The second-order valence-corrected chi connectivity index (χ2v) is 7.15. The van der Waals surface area contributed by atoms with Crippen molar-refractivity contribution in [1.29, 1.82) is 0 Å². The van der Waals surface area contributed by atoms with Crippen LogP contribution in [0.1, 0.15) is 0 Å². The van der Waals surface area contributed by atoms with E-state index in [1.54, 1.807) is 17.8 Å². The molecule has 0 bridgehead atoms. The first-order valence-electron chi connectivity index (χ1n) is 5.46. The summed E-state index contributed by atoms with van der Waals surface area (Å²) in [5.41, 5.74) is 0.117. The van der Waals surface area contributed by atoms with Crippen LogP contribution in [0.15, 0.2) is 22.4 Å². The van der Waals surface area contributed by atoms with E-state index in [0.29, 0.717) is 11.5 Å². The molecule has 6 nitrogen and oxygen atoms in total. The van der Waals surface area contributed by atoms with Gasteiger partial charge in [-0.15, -0.1) is 11.8 Å². The molecule has 3 rings (SSSR count). The summed E-state index contributed by atoms with van der Waals surface area (Å²) in [5.74, 6) is -0.0239. The Bertz CT molecular complexity index is 545. The van der Waals surface area contributed by atoms with Gasteiger partial charge in [0, 0.05) is 11.5 Å². The number of nitrogens with zero attached hydrogens (tertiary/aromatic N) is 3. The van der Waals surface area contributed by atoms with Crippen molar-refractivity contribution >= 4 is 46.9 Å². The number of hydrogen-bond acceptors (Lipinski definition) is 7. The molecule has 2 aliphatic heterocycles. The van der Waals surface area contributed by atoms with E-state index in [0.717, 1.165) is 4.34 Å². The fourth-order valence-electron chi connectivity index (χ4n) is 2.03. The molecule has 0 aromatic carbocycles. The summed E-state index contributed by atoms with van der Waals surface area (Å²) >= 11 is 4.40. The van der Waals surface area contributed by atoms with Gasteiger partial charge in [-0.05, 0) is 17.6 Å². The highest BCUT2D eigenvalue weighted by Gasteiger charge is 2.51. The maximum absolute atomic E-state index is 12.0. The Labute approximate surface area is 121 Å². The predicted molar refractivity (Wildman–Crippen MR) is 72.9 cm³/mol. The Kier molecular flexibility index (Phi) is 3.50. The van der Waals surface area contributed by atoms with Crippen LogP contribution in [-0.4, -0.2) is 48.1 Å². The molecule has 1 unspecified atom stereocenters. The molecule has 3 heterocycles. The minimum Gasteiger partial charge on any atom is -0.477 e. The van der Waals surface area contributed by atoms with Crippen molar-refractivity contribution in [1.82, 2.24) is 14.3 Å². The van der Waals surface area contributed by atoms with Crippen LogP contribution < -0.4 is 0 Å². The zero-order chi connectivity index (χ0) is 13.4. The van der Waals surface area contributed by atoms with Crippen molar-refractivity contribution < 1.29 is 14.7 Å². The van der Waals surface area contributed by atoms with Gasteiger partial charge >= 0.3 is 5.97 Å². The van der Waals surface area contributed by atoms with E-state index >= 15 is 0 Å². The predicted octanol–water partition coefficient (Wildman–Crippen LogP) is 1.13. The number of carboxylic acids is 1. The third-order valence-electron chi connectivity index (χ3n) is 2.90. The Balaban J connectivity index is 1.66. The topological polar surface area (TPSA) is 83.4 Å². The van der Waals surface area contributed by atoms with Crippen LogP contribution >= 0.6 is 35.1 Å². The molecular formula is C10H9N3O3S3. The van der Waals surface area contributed by atoms with Gasteiger partial charge in [-0.25, -0.2) is 9.78 Å². The fourth-order valence-corrected chi connectivity index (χ4v) is 5.00. The number of fused-ring (bicyclic) bond motifs is 1. The van der Waals surface area contributed by atoms with E-state index in [9.17, 15) is 9.59 Å². The van der Waals surface area contributed by atoms with Crippen LogP contribution in [0.4, 0.5) is 0 Å². The lowest BCUT2D eigenvalue weighted by Gasteiger charge is -2.48. The molecule has 1 aromatic heterocycles. The number of hydrogen-bond donors (Lipinski definition) is 1. The van der Waals surface area contributed by atoms with Gasteiger partial charge < -0.3 is 5.11 Å². The zero-order valence-electron chi connectivity index (χ0n) is 9.55. The second-order valence-electron chi connectivity index (χ2n) is 3.95. The highest BCUT2D eigenvalue weighted by Crippen LogP contribution is 2.43. The standard InChI is InChI=1S/C10H9N3O3S3/c14-7-5(3-18-10-11-4-12-19-10)8-13(7)6(9(15)16)1-2-17-8/h1,4-5,8H,2-3H2,(H,15,16)/t5?,8-/m0/s1. The summed E-state index contributed by atoms with van der Waals surface area (Å²) in [6, 6.07) is 0. The van der Waals surface area contributed by atoms with Crippen LogP contribution in [0.2, 0.25) is 0 Å². The zero-order valence-corrected chi connectivity index (χ0v) is 12.0. The molecule has 0 radical (unpaired) electrons. The minimum atomic E-state index is -1.03. The first-order valence-corrected chi connectivity index (χ1v) is 8.27. The molecule has 0 saturated carbocycles. The Morgan fingerprint density at radius 3 is 3.16 bits per heavy atom. The number of rotatable bonds is 4. The smallest absolute Gasteiger partial charge is 0.352 e. The maximum Gasteiger partial charge on any atom is 0.352 e. The van der Waals surface area contributed by atoms with E-state index in [4.69, 9.17) is 5.11 Å². The average molecular weight is 315 g/mol. The van der Waals surface area contributed by atoms with Crippen LogP contribution in [0, 0.1) is 5.92 Å². The second kappa shape index (κ2) is 5.14. The number of carbonyl (C=O) groups excluding carboxylic acids is 1. The molecule has 2 aliphatic rings. The van der Waals surface area contributed by atoms with Gasteiger partial charge in [0.25, 0.3) is 0 Å². The summed E-state index contributed by atoms with van der Waals surface area (Å²) in [6.07, 6.45) is 3.08. The molecule has 0 spiro atoms. The van der Waals surface area contributed by atoms with Crippen molar-refractivity contribution in [3.8, 4) is 0 Å². The van der Waals surface area contributed by atoms with Crippen molar-refractivity contribution in [2.75, 3.05) is 11.5 Å². The summed E-state index contributed by atoms with van der Waals surface area (Å²) in [7, 11) is 0. The van der Waals surface area contributed by atoms with E-state index in [1.807, 2.05) is 0 Å². The molecule has 2 atom stereocenters.